The molecule has 0 fully saturated rings. The van der Waals surface area contributed by atoms with E-state index in [0.717, 1.165) is 0 Å². The molecular formula is C10H10BrFO2. The zero-order valence-corrected chi connectivity index (χ0v) is 9.47. The summed E-state index contributed by atoms with van der Waals surface area (Å²) in [6.07, 6.45) is 0.446. The molecule has 1 aromatic rings. The monoisotopic (exact) mass is 260 g/mol. The van der Waals surface area contributed by atoms with Crippen LogP contribution in [0.3, 0.4) is 0 Å². The Labute approximate surface area is 90.2 Å². The maximum absolute atomic E-state index is 13.2. The predicted octanol–water partition coefficient (Wildman–Crippen LogP) is 3.19. The molecule has 0 saturated heterocycles. The Morgan fingerprint density at radius 1 is 1.50 bits per heavy atom. The summed E-state index contributed by atoms with van der Waals surface area (Å²) < 4.78 is 18.9. The zero-order valence-electron chi connectivity index (χ0n) is 7.88. The SMILES string of the molecule is CC(C)Oc1cc(F)c(C=O)c(Br)c1. The van der Waals surface area contributed by atoms with Gasteiger partial charge in [0, 0.05) is 10.5 Å². The van der Waals surface area contributed by atoms with Gasteiger partial charge in [-0.1, -0.05) is 0 Å². The number of halogens is 2. The third-order valence-electron chi connectivity index (χ3n) is 1.54. The number of rotatable bonds is 3. The molecule has 1 rings (SSSR count). The van der Waals surface area contributed by atoms with Crippen LogP contribution in [0.5, 0.6) is 5.75 Å². The van der Waals surface area contributed by atoms with E-state index in [-0.39, 0.29) is 11.7 Å². The average molecular weight is 261 g/mol. The summed E-state index contributed by atoms with van der Waals surface area (Å²) in [6.45, 7) is 3.69. The summed E-state index contributed by atoms with van der Waals surface area (Å²) in [6, 6.07) is 2.78. The van der Waals surface area contributed by atoms with Gasteiger partial charge in [-0.25, -0.2) is 4.39 Å². The molecule has 0 aliphatic carbocycles. The first-order chi connectivity index (χ1) is 6.54. The minimum atomic E-state index is -0.579. The molecule has 14 heavy (non-hydrogen) atoms. The maximum atomic E-state index is 13.2. The molecule has 2 nitrogen and oxygen atoms in total. The second-order valence-electron chi connectivity index (χ2n) is 3.09. The molecule has 0 unspecified atom stereocenters. The molecule has 1 aromatic carbocycles. The molecule has 0 aromatic heterocycles. The first kappa shape index (κ1) is 11.2. The van der Waals surface area contributed by atoms with E-state index in [1.54, 1.807) is 6.07 Å². The Hall–Kier alpha value is -0.900. The van der Waals surface area contributed by atoms with Crippen molar-refractivity contribution < 1.29 is 13.9 Å². The van der Waals surface area contributed by atoms with Crippen LogP contribution in [0.1, 0.15) is 24.2 Å². The Morgan fingerprint density at radius 2 is 2.14 bits per heavy atom. The molecule has 0 spiro atoms. The third-order valence-corrected chi connectivity index (χ3v) is 2.20. The van der Waals surface area contributed by atoms with E-state index in [1.807, 2.05) is 13.8 Å². The van der Waals surface area contributed by atoms with Gasteiger partial charge < -0.3 is 4.74 Å². The fraction of sp³-hybridized carbons (Fsp3) is 0.300. The lowest BCUT2D eigenvalue weighted by Crippen LogP contribution is -2.06. The smallest absolute Gasteiger partial charge is 0.154 e. The van der Waals surface area contributed by atoms with Crippen molar-refractivity contribution in [3.8, 4) is 5.75 Å². The molecule has 76 valence electrons. The number of hydrogen-bond acceptors (Lipinski definition) is 2. The van der Waals surface area contributed by atoms with Crippen molar-refractivity contribution in [2.24, 2.45) is 0 Å². The van der Waals surface area contributed by atoms with Gasteiger partial charge in [0.25, 0.3) is 0 Å². The van der Waals surface area contributed by atoms with Crippen LogP contribution in [0, 0.1) is 5.82 Å². The number of hydrogen-bond donors (Lipinski definition) is 0. The van der Waals surface area contributed by atoms with Crippen LogP contribution in [0.2, 0.25) is 0 Å². The van der Waals surface area contributed by atoms with Gasteiger partial charge in [0.05, 0.1) is 11.7 Å². The Kier molecular flexibility index (Phi) is 3.63. The molecule has 0 bridgehead atoms. The van der Waals surface area contributed by atoms with Crippen molar-refractivity contribution in [1.82, 2.24) is 0 Å². The highest BCUT2D eigenvalue weighted by Gasteiger charge is 2.09. The summed E-state index contributed by atoms with van der Waals surface area (Å²) in [7, 11) is 0. The van der Waals surface area contributed by atoms with Crippen LogP contribution < -0.4 is 4.74 Å². The number of ether oxygens (including phenoxy) is 1. The van der Waals surface area contributed by atoms with Crippen molar-refractivity contribution in [3.05, 3.63) is 28.0 Å². The number of benzene rings is 1. The van der Waals surface area contributed by atoms with E-state index in [2.05, 4.69) is 15.9 Å². The standard InChI is InChI=1S/C10H10BrFO2/c1-6(2)14-7-3-9(11)8(5-13)10(12)4-7/h3-6H,1-2H3. The second-order valence-corrected chi connectivity index (χ2v) is 3.94. The average Bonchev–Trinajstić information content (AvgIpc) is 2.01. The van der Waals surface area contributed by atoms with Crippen LogP contribution in [0.15, 0.2) is 16.6 Å². The highest BCUT2D eigenvalue weighted by atomic mass is 79.9. The van der Waals surface area contributed by atoms with Gasteiger partial charge in [-0.15, -0.1) is 0 Å². The Morgan fingerprint density at radius 3 is 2.57 bits per heavy atom. The lowest BCUT2D eigenvalue weighted by atomic mass is 10.2. The van der Waals surface area contributed by atoms with Gasteiger partial charge in [0.15, 0.2) is 6.29 Å². The summed E-state index contributed by atoms with van der Waals surface area (Å²) in [4.78, 5) is 10.5. The Balaban J connectivity index is 3.07. The van der Waals surface area contributed by atoms with Gasteiger partial charge in [0.1, 0.15) is 11.6 Å². The van der Waals surface area contributed by atoms with Gasteiger partial charge >= 0.3 is 0 Å². The molecule has 0 heterocycles. The number of carbonyl (C=O) groups is 1. The molecular weight excluding hydrogens is 251 g/mol. The van der Waals surface area contributed by atoms with Crippen LogP contribution in [0.4, 0.5) is 4.39 Å². The van der Waals surface area contributed by atoms with Gasteiger partial charge in [0.2, 0.25) is 0 Å². The van der Waals surface area contributed by atoms with Crippen LogP contribution in [-0.4, -0.2) is 12.4 Å². The molecule has 0 aliphatic rings. The van der Waals surface area contributed by atoms with E-state index >= 15 is 0 Å². The molecule has 4 heteroatoms. The molecule has 0 radical (unpaired) electrons. The molecule has 0 amide bonds. The molecule has 0 atom stereocenters. The van der Waals surface area contributed by atoms with Crippen LogP contribution in [-0.2, 0) is 0 Å². The fourth-order valence-corrected chi connectivity index (χ4v) is 1.52. The van der Waals surface area contributed by atoms with E-state index in [9.17, 15) is 9.18 Å². The van der Waals surface area contributed by atoms with Gasteiger partial charge in [-0.2, -0.15) is 0 Å². The highest BCUT2D eigenvalue weighted by molar-refractivity contribution is 9.10. The van der Waals surface area contributed by atoms with E-state index < -0.39 is 5.82 Å². The van der Waals surface area contributed by atoms with Crippen molar-refractivity contribution >= 4 is 22.2 Å². The maximum Gasteiger partial charge on any atom is 0.154 e. The topological polar surface area (TPSA) is 26.3 Å². The molecule has 0 N–H and O–H groups in total. The minimum Gasteiger partial charge on any atom is -0.491 e. The summed E-state index contributed by atoms with van der Waals surface area (Å²) in [5.41, 5.74) is 0.0149. The van der Waals surface area contributed by atoms with Crippen molar-refractivity contribution in [3.63, 3.8) is 0 Å². The summed E-state index contributed by atoms with van der Waals surface area (Å²) in [5, 5.41) is 0. The first-order valence-electron chi connectivity index (χ1n) is 4.15. The van der Waals surface area contributed by atoms with E-state index in [1.165, 1.54) is 6.07 Å². The minimum absolute atomic E-state index is 0.0149. The largest absolute Gasteiger partial charge is 0.491 e. The highest BCUT2D eigenvalue weighted by Crippen LogP contribution is 2.25. The van der Waals surface area contributed by atoms with Crippen molar-refractivity contribution in [2.75, 3.05) is 0 Å². The van der Waals surface area contributed by atoms with Crippen molar-refractivity contribution in [1.29, 1.82) is 0 Å². The normalized spacial score (nSPS) is 10.4. The summed E-state index contributed by atoms with van der Waals surface area (Å²) in [5.74, 6) is -0.167. The van der Waals surface area contributed by atoms with E-state index in [0.29, 0.717) is 16.5 Å². The van der Waals surface area contributed by atoms with Gasteiger partial charge in [-0.05, 0) is 35.8 Å². The zero-order chi connectivity index (χ0) is 10.7. The quantitative estimate of drug-likeness (QED) is 0.781. The number of carbonyl (C=O) groups excluding carboxylic acids is 1. The van der Waals surface area contributed by atoms with Crippen LogP contribution in [0.25, 0.3) is 0 Å². The second kappa shape index (κ2) is 4.55. The van der Waals surface area contributed by atoms with Crippen LogP contribution >= 0.6 is 15.9 Å². The molecule has 0 aliphatic heterocycles. The fourth-order valence-electron chi connectivity index (χ4n) is 1.01. The Bertz CT molecular complexity index is 327. The lowest BCUT2D eigenvalue weighted by molar-refractivity contribution is 0.111. The van der Waals surface area contributed by atoms with Gasteiger partial charge in [-0.3, -0.25) is 4.79 Å². The first-order valence-corrected chi connectivity index (χ1v) is 4.94. The predicted molar refractivity (Wildman–Crippen MR) is 55.3 cm³/mol. The molecule has 0 saturated carbocycles. The summed E-state index contributed by atoms with van der Waals surface area (Å²) >= 11 is 3.10. The third kappa shape index (κ3) is 2.54. The lowest BCUT2D eigenvalue weighted by Gasteiger charge is -2.10. The van der Waals surface area contributed by atoms with E-state index in [4.69, 9.17) is 4.74 Å². The van der Waals surface area contributed by atoms with Crippen molar-refractivity contribution in [2.45, 2.75) is 20.0 Å². The number of aldehydes is 1.